The summed E-state index contributed by atoms with van der Waals surface area (Å²) in [5, 5.41) is 20.7. The fourth-order valence-corrected chi connectivity index (χ4v) is 3.83. The largest absolute Gasteiger partial charge is 0.481 e. The van der Waals surface area contributed by atoms with E-state index in [4.69, 9.17) is 33.5 Å². The Morgan fingerprint density at radius 3 is 2.00 bits per heavy atom. The third-order valence-electron chi connectivity index (χ3n) is 5.98. The van der Waals surface area contributed by atoms with E-state index in [9.17, 15) is 19.5 Å². The van der Waals surface area contributed by atoms with Gasteiger partial charge in [-0.15, -0.1) is 0 Å². The molecule has 0 rings (SSSR count). The number of unbranched alkanes of at least 4 members (excludes halogenated alkanes) is 6. The minimum absolute atomic E-state index is 0.0768. The molecule has 0 aromatic rings. The molecular formula is C30H57NO11. The van der Waals surface area contributed by atoms with E-state index < -0.39 is 35.5 Å². The van der Waals surface area contributed by atoms with Crippen molar-refractivity contribution in [2.24, 2.45) is 0 Å². The molecule has 2 atom stereocenters. The van der Waals surface area contributed by atoms with Crippen LogP contribution in [0, 0.1) is 0 Å². The molecule has 42 heavy (non-hydrogen) atoms. The second kappa shape index (κ2) is 24.5. The van der Waals surface area contributed by atoms with Crippen molar-refractivity contribution in [2.75, 3.05) is 52.8 Å². The van der Waals surface area contributed by atoms with Crippen LogP contribution in [0.3, 0.4) is 0 Å². The molecule has 1 amide bonds. The fraction of sp³-hybridized carbons (Fsp3) is 0.900. The van der Waals surface area contributed by atoms with E-state index in [0.717, 1.165) is 44.9 Å². The summed E-state index contributed by atoms with van der Waals surface area (Å²) in [4.78, 5) is 33.6. The van der Waals surface area contributed by atoms with Crippen LogP contribution in [0.4, 0.5) is 4.79 Å². The lowest BCUT2D eigenvalue weighted by molar-refractivity contribution is -0.260. The van der Waals surface area contributed by atoms with Gasteiger partial charge in [-0.1, -0.05) is 45.4 Å². The average molecular weight is 608 g/mol. The van der Waals surface area contributed by atoms with Crippen LogP contribution in [0.15, 0.2) is 0 Å². The van der Waals surface area contributed by atoms with E-state index in [2.05, 4.69) is 12.2 Å². The Hall–Kier alpha value is -1.99. The number of carbonyl (C=O) groups excluding carboxylic acids is 1. The van der Waals surface area contributed by atoms with Gasteiger partial charge in [0.2, 0.25) is 0 Å². The maximum Gasteiger partial charge on any atom is 0.407 e. The molecule has 248 valence electrons. The molecule has 0 aliphatic heterocycles. The van der Waals surface area contributed by atoms with Crippen LogP contribution in [-0.4, -0.2) is 98.5 Å². The highest BCUT2D eigenvalue weighted by molar-refractivity contribution is 5.67. The lowest BCUT2D eigenvalue weighted by Gasteiger charge is -2.31. The first kappa shape index (κ1) is 40.0. The topological polar surface area (TPSA) is 159 Å². The van der Waals surface area contributed by atoms with Crippen molar-refractivity contribution in [1.82, 2.24) is 5.32 Å². The van der Waals surface area contributed by atoms with Crippen LogP contribution >= 0.6 is 0 Å². The highest BCUT2D eigenvalue weighted by Crippen LogP contribution is 2.19. The molecule has 0 aromatic heterocycles. The van der Waals surface area contributed by atoms with Crippen molar-refractivity contribution in [3.05, 3.63) is 0 Å². The zero-order chi connectivity index (χ0) is 31.7. The Morgan fingerprint density at radius 2 is 1.36 bits per heavy atom. The van der Waals surface area contributed by atoms with Crippen molar-refractivity contribution in [2.45, 2.75) is 123 Å². The van der Waals surface area contributed by atoms with Crippen molar-refractivity contribution in [3.8, 4) is 0 Å². The Morgan fingerprint density at radius 1 is 0.738 bits per heavy atom. The van der Waals surface area contributed by atoms with Crippen LogP contribution < -0.4 is 5.32 Å². The summed E-state index contributed by atoms with van der Waals surface area (Å²) in [5.74, 6) is -2.75. The molecule has 0 radical (unpaired) electrons. The molecule has 12 heteroatoms. The van der Waals surface area contributed by atoms with Gasteiger partial charge in [0.05, 0.1) is 52.2 Å². The number of amides is 1. The second-order valence-electron chi connectivity index (χ2n) is 11.4. The normalized spacial score (nSPS) is 13.8. The van der Waals surface area contributed by atoms with Gasteiger partial charge in [0.1, 0.15) is 12.2 Å². The lowest BCUT2D eigenvalue weighted by Crippen LogP contribution is -2.40. The summed E-state index contributed by atoms with van der Waals surface area (Å²) in [6.45, 7) is 11.7. The molecule has 0 bridgehead atoms. The summed E-state index contributed by atoms with van der Waals surface area (Å²) in [7, 11) is 0. The molecule has 12 nitrogen and oxygen atoms in total. The minimum Gasteiger partial charge on any atom is -0.481 e. The van der Waals surface area contributed by atoms with Gasteiger partial charge >= 0.3 is 18.0 Å². The molecule has 2 unspecified atom stereocenters. The average Bonchev–Trinajstić information content (AvgIpc) is 2.88. The first-order valence-electron chi connectivity index (χ1n) is 15.3. The standard InChI is InChI=1S/C30H57NO11/c1-6-7-11-14-25(23-27(34)35)39-24-30(5,40-17-13-10-8-9-12-15-26(32)33)41-22-21-38-20-19-37-18-16-31-28(36)42-29(2,3)4/h25H,6-24H2,1-5H3,(H,31,36)(H,32,33)(H,34,35). The predicted molar refractivity (Wildman–Crippen MR) is 158 cm³/mol. The summed E-state index contributed by atoms with van der Waals surface area (Å²) in [6, 6.07) is 0. The Bertz CT molecular complexity index is 714. The molecule has 0 aromatic carbocycles. The van der Waals surface area contributed by atoms with Gasteiger partial charge in [0.15, 0.2) is 5.79 Å². The molecule has 0 saturated heterocycles. The summed E-state index contributed by atoms with van der Waals surface area (Å²) >= 11 is 0. The molecule has 0 fully saturated rings. The van der Waals surface area contributed by atoms with Gasteiger partial charge in [-0.05, 0) is 47.0 Å². The zero-order valence-corrected chi connectivity index (χ0v) is 26.6. The van der Waals surface area contributed by atoms with Crippen LogP contribution in [0.2, 0.25) is 0 Å². The van der Waals surface area contributed by atoms with Crippen LogP contribution in [0.1, 0.15) is 105 Å². The maximum absolute atomic E-state index is 11.6. The van der Waals surface area contributed by atoms with Crippen molar-refractivity contribution >= 4 is 18.0 Å². The van der Waals surface area contributed by atoms with Gasteiger partial charge < -0.3 is 44.0 Å². The summed E-state index contributed by atoms with van der Waals surface area (Å²) < 4.78 is 34.3. The highest BCUT2D eigenvalue weighted by Gasteiger charge is 2.28. The Balaban J connectivity index is 4.48. The number of rotatable bonds is 28. The number of ether oxygens (including phenoxy) is 6. The number of hydrogen-bond donors (Lipinski definition) is 3. The number of hydrogen-bond acceptors (Lipinski definition) is 9. The Kier molecular flexibility index (Phi) is 23.3. The molecule has 0 saturated carbocycles. The van der Waals surface area contributed by atoms with Crippen LogP contribution in [-0.2, 0) is 38.0 Å². The van der Waals surface area contributed by atoms with Crippen molar-refractivity contribution < 1.29 is 53.0 Å². The minimum atomic E-state index is -1.07. The lowest BCUT2D eigenvalue weighted by atomic mass is 10.1. The zero-order valence-electron chi connectivity index (χ0n) is 26.6. The van der Waals surface area contributed by atoms with Gasteiger partial charge in [-0.2, -0.15) is 0 Å². The third-order valence-corrected chi connectivity index (χ3v) is 5.98. The van der Waals surface area contributed by atoms with Crippen LogP contribution in [0.25, 0.3) is 0 Å². The number of alkyl carbamates (subject to hydrolysis) is 1. The van der Waals surface area contributed by atoms with Gasteiger partial charge in [0, 0.05) is 13.0 Å². The first-order chi connectivity index (χ1) is 19.9. The number of carboxylic acids is 2. The predicted octanol–water partition coefficient (Wildman–Crippen LogP) is 5.16. The van der Waals surface area contributed by atoms with E-state index in [0.29, 0.717) is 52.4 Å². The van der Waals surface area contributed by atoms with E-state index in [1.807, 2.05) is 0 Å². The third kappa shape index (κ3) is 26.9. The van der Waals surface area contributed by atoms with E-state index in [1.165, 1.54) is 0 Å². The summed E-state index contributed by atoms with van der Waals surface area (Å²) in [6.07, 6.45) is 6.95. The molecule has 3 N–H and O–H groups in total. The van der Waals surface area contributed by atoms with Gasteiger partial charge in [0.25, 0.3) is 0 Å². The van der Waals surface area contributed by atoms with Crippen molar-refractivity contribution in [3.63, 3.8) is 0 Å². The first-order valence-corrected chi connectivity index (χ1v) is 15.3. The number of carboxylic acid groups (broad SMARTS) is 2. The highest BCUT2D eigenvalue weighted by atomic mass is 16.7. The van der Waals surface area contributed by atoms with Crippen molar-refractivity contribution in [1.29, 1.82) is 0 Å². The smallest absolute Gasteiger partial charge is 0.407 e. The SMILES string of the molecule is CCCCCC(CC(=O)O)OCC(C)(OCCCCCCCC(=O)O)OCCOCCOCCNC(=O)OC(C)(C)C. The summed E-state index contributed by atoms with van der Waals surface area (Å²) in [5.41, 5.74) is -0.548. The molecule has 0 spiro atoms. The van der Waals surface area contributed by atoms with E-state index >= 15 is 0 Å². The molecule has 0 aliphatic carbocycles. The molecule has 0 aliphatic rings. The maximum atomic E-state index is 11.6. The van der Waals surface area contributed by atoms with E-state index in [1.54, 1.807) is 27.7 Å². The quantitative estimate of drug-likeness (QED) is 0.0796. The monoisotopic (exact) mass is 607 g/mol. The van der Waals surface area contributed by atoms with Gasteiger partial charge in [-0.3, -0.25) is 9.59 Å². The van der Waals surface area contributed by atoms with Crippen LogP contribution in [0.5, 0.6) is 0 Å². The molecular weight excluding hydrogens is 550 g/mol. The Labute approximate surface area is 252 Å². The number of nitrogens with one attached hydrogen (secondary N) is 1. The number of carbonyl (C=O) groups is 3. The second-order valence-corrected chi connectivity index (χ2v) is 11.4. The van der Waals surface area contributed by atoms with E-state index in [-0.39, 0.29) is 26.1 Å². The fourth-order valence-electron chi connectivity index (χ4n) is 3.83. The van der Waals surface area contributed by atoms with Gasteiger partial charge in [-0.25, -0.2) is 4.79 Å². The number of aliphatic carboxylic acids is 2. The molecule has 0 heterocycles.